The molecule has 1 rings (SSSR count). The molecule has 0 aliphatic rings. The molecular formula is C9H4BrIN2O3. The van der Waals surface area contributed by atoms with Crippen LogP contribution in [-0.4, -0.2) is 16.0 Å². The second kappa shape index (κ2) is 5.36. The van der Waals surface area contributed by atoms with Crippen LogP contribution >= 0.6 is 38.5 Å². The highest BCUT2D eigenvalue weighted by Gasteiger charge is 2.19. The standard InChI is InChI=1S/C9H4BrIN2O3/c10-3-8(14)5-1-6(4-12)9(11)7(2-5)13(15)16/h1-2H,3H2. The molecule has 0 saturated carbocycles. The number of hydrogen-bond donors (Lipinski definition) is 0. The van der Waals surface area contributed by atoms with Gasteiger partial charge in [-0.2, -0.15) is 5.26 Å². The summed E-state index contributed by atoms with van der Waals surface area (Å²) >= 11 is 4.70. The van der Waals surface area contributed by atoms with Crippen LogP contribution in [0, 0.1) is 25.0 Å². The molecule has 0 radical (unpaired) electrons. The van der Waals surface area contributed by atoms with E-state index in [1.165, 1.54) is 12.1 Å². The van der Waals surface area contributed by atoms with E-state index in [4.69, 9.17) is 5.26 Å². The van der Waals surface area contributed by atoms with Crippen molar-refractivity contribution in [1.82, 2.24) is 0 Å². The Hall–Kier alpha value is -1.01. The molecule has 0 aromatic heterocycles. The van der Waals surface area contributed by atoms with Crippen LogP contribution in [0.2, 0.25) is 0 Å². The molecule has 7 heteroatoms. The van der Waals surface area contributed by atoms with Gasteiger partial charge in [-0.3, -0.25) is 14.9 Å². The zero-order valence-corrected chi connectivity index (χ0v) is 11.5. The number of alkyl halides is 1. The number of nitriles is 1. The van der Waals surface area contributed by atoms with Crippen molar-refractivity contribution in [2.24, 2.45) is 0 Å². The van der Waals surface area contributed by atoms with Gasteiger partial charge in [0.25, 0.3) is 5.69 Å². The third kappa shape index (κ3) is 2.56. The number of rotatable bonds is 3. The normalized spacial score (nSPS) is 9.56. The van der Waals surface area contributed by atoms with Crippen LogP contribution in [0.1, 0.15) is 15.9 Å². The highest BCUT2D eigenvalue weighted by molar-refractivity contribution is 14.1. The van der Waals surface area contributed by atoms with Gasteiger partial charge in [-0.15, -0.1) is 0 Å². The predicted molar refractivity (Wildman–Crippen MR) is 68.7 cm³/mol. The largest absolute Gasteiger partial charge is 0.293 e. The number of nitro benzene ring substituents is 1. The van der Waals surface area contributed by atoms with E-state index in [0.29, 0.717) is 0 Å². The lowest BCUT2D eigenvalue weighted by Crippen LogP contribution is -2.04. The molecule has 0 atom stereocenters. The molecule has 0 saturated heterocycles. The number of carbonyl (C=O) groups is 1. The van der Waals surface area contributed by atoms with Gasteiger partial charge in [0.2, 0.25) is 0 Å². The summed E-state index contributed by atoms with van der Waals surface area (Å²) in [7, 11) is 0. The Morgan fingerprint density at radius 3 is 2.69 bits per heavy atom. The molecule has 5 nitrogen and oxygen atoms in total. The van der Waals surface area contributed by atoms with E-state index in [1.807, 2.05) is 6.07 Å². The first-order valence-corrected chi connectivity index (χ1v) is 6.18. The van der Waals surface area contributed by atoms with E-state index < -0.39 is 4.92 Å². The molecule has 0 N–H and O–H groups in total. The second-order valence-corrected chi connectivity index (χ2v) is 4.42. The van der Waals surface area contributed by atoms with Gasteiger partial charge in [-0.1, -0.05) is 15.9 Å². The zero-order valence-electron chi connectivity index (χ0n) is 7.74. The fourth-order valence-corrected chi connectivity index (χ4v) is 2.01. The summed E-state index contributed by atoms with van der Waals surface area (Å²) in [6, 6.07) is 4.38. The van der Waals surface area contributed by atoms with Crippen LogP contribution in [0.25, 0.3) is 0 Å². The van der Waals surface area contributed by atoms with Crippen LogP contribution in [-0.2, 0) is 0 Å². The fourth-order valence-electron chi connectivity index (χ4n) is 1.06. The van der Waals surface area contributed by atoms with Crippen molar-refractivity contribution >= 4 is 50.0 Å². The van der Waals surface area contributed by atoms with E-state index in [9.17, 15) is 14.9 Å². The van der Waals surface area contributed by atoms with Crippen molar-refractivity contribution in [2.45, 2.75) is 0 Å². The summed E-state index contributed by atoms with van der Waals surface area (Å²) in [5.74, 6) is -0.295. The van der Waals surface area contributed by atoms with Gasteiger partial charge in [0.05, 0.1) is 15.8 Å². The monoisotopic (exact) mass is 394 g/mol. The van der Waals surface area contributed by atoms with Crippen molar-refractivity contribution in [3.8, 4) is 6.07 Å². The van der Waals surface area contributed by atoms with Gasteiger partial charge in [0, 0.05) is 11.6 Å². The molecule has 0 heterocycles. The third-order valence-electron chi connectivity index (χ3n) is 1.81. The lowest BCUT2D eigenvalue weighted by Gasteiger charge is -2.01. The van der Waals surface area contributed by atoms with Crippen LogP contribution in [0.5, 0.6) is 0 Å². The van der Waals surface area contributed by atoms with E-state index in [-0.39, 0.29) is 31.5 Å². The Labute approximate surface area is 113 Å². The number of hydrogen-bond acceptors (Lipinski definition) is 4. The van der Waals surface area contributed by atoms with Crippen molar-refractivity contribution in [2.75, 3.05) is 5.33 Å². The second-order valence-electron chi connectivity index (χ2n) is 2.78. The summed E-state index contributed by atoms with van der Waals surface area (Å²) in [5.41, 5.74) is 0.0867. The van der Waals surface area contributed by atoms with Crippen molar-refractivity contribution in [3.05, 3.63) is 36.9 Å². The van der Waals surface area contributed by atoms with Gasteiger partial charge < -0.3 is 0 Å². The zero-order chi connectivity index (χ0) is 12.3. The van der Waals surface area contributed by atoms with Crippen LogP contribution < -0.4 is 0 Å². The Kier molecular flexibility index (Phi) is 4.37. The van der Waals surface area contributed by atoms with Crippen molar-refractivity contribution in [3.63, 3.8) is 0 Å². The predicted octanol–water partition coefficient (Wildman–Crippen LogP) is 2.65. The number of halogens is 2. The Morgan fingerprint density at radius 1 is 1.62 bits per heavy atom. The highest BCUT2D eigenvalue weighted by atomic mass is 127. The van der Waals surface area contributed by atoms with E-state index in [1.54, 1.807) is 22.6 Å². The molecule has 16 heavy (non-hydrogen) atoms. The minimum Gasteiger partial charge on any atom is -0.293 e. The molecule has 0 spiro atoms. The summed E-state index contributed by atoms with van der Waals surface area (Å²) in [6.07, 6.45) is 0. The molecular weight excluding hydrogens is 391 g/mol. The maximum Gasteiger partial charge on any atom is 0.284 e. The minimum atomic E-state index is -0.604. The number of ketones is 1. The number of Topliss-reactive ketones (excluding diaryl/α,β-unsaturated/α-hetero) is 1. The molecule has 0 unspecified atom stereocenters. The smallest absolute Gasteiger partial charge is 0.284 e. The fraction of sp³-hybridized carbons (Fsp3) is 0.111. The lowest BCUT2D eigenvalue weighted by atomic mass is 10.1. The Bertz CT molecular complexity index is 510. The summed E-state index contributed by atoms with van der Waals surface area (Å²) < 4.78 is 0.247. The first-order chi connectivity index (χ1) is 7.51. The highest BCUT2D eigenvalue weighted by Crippen LogP contribution is 2.26. The SMILES string of the molecule is N#Cc1cc(C(=O)CBr)cc([N+](=O)[O-])c1I. The molecule has 0 aliphatic carbocycles. The van der Waals surface area contributed by atoms with Crippen molar-refractivity contribution in [1.29, 1.82) is 5.26 Å². The van der Waals surface area contributed by atoms with E-state index in [0.717, 1.165) is 0 Å². The molecule has 1 aromatic rings. The number of benzene rings is 1. The molecule has 0 fully saturated rings. The molecule has 1 aromatic carbocycles. The number of nitrogens with zero attached hydrogens (tertiary/aromatic N) is 2. The van der Waals surface area contributed by atoms with Crippen molar-refractivity contribution < 1.29 is 9.72 Å². The Balaban J connectivity index is 3.47. The molecule has 0 bridgehead atoms. The van der Waals surface area contributed by atoms with Crippen LogP contribution in [0.3, 0.4) is 0 Å². The molecule has 82 valence electrons. The van der Waals surface area contributed by atoms with E-state index >= 15 is 0 Å². The van der Waals surface area contributed by atoms with Gasteiger partial charge in [-0.05, 0) is 28.7 Å². The van der Waals surface area contributed by atoms with Gasteiger partial charge in [-0.25, -0.2) is 0 Å². The minimum absolute atomic E-state index is 0.0651. The quantitative estimate of drug-likeness (QED) is 0.259. The lowest BCUT2D eigenvalue weighted by molar-refractivity contribution is -0.385. The van der Waals surface area contributed by atoms with Crippen LogP contribution in [0.4, 0.5) is 5.69 Å². The number of carbonyl (C=O) groups excluding carboxylic acids is 1. The first kappa shape index (κ1) is 13.1. The average molecular weight is 395 g/mol. The van der Waals surface area contributed by atoms with Gasteiger partial charge in [0.15, 0.2) is 5.78 Å². The maximum absolute atomic E-state index is 11.4. The van der Waals surface area contributed by atoms with Crippen LogP contribution in [0.15, 0.2) is 12.1 Å². The third-order valence-corrected chi connectivity index (χ3v) is 3.46. The summed E-state index contributed by atoms with van der Waals surface area (Å²) in [5, 5.41) is 19.6. The van der Waals surface area contributed by atoms with Gasteiger partial charge >= 0.3 is 0 Å². The number of nitro groups is 1. The Morgan fingerprint density at radius 2 is 2.25 bits per heavy atom. The first-order valence-electron chi connectivity index (χ1n) is 3.98. The average Bonchev–Trinajstić information content (AvgIpc) is 2.27. The topological polar surface area (TPSA) is 84.0 Å². The van der Waals surface area contributed by atoms with E-state index in [2.05, 4.69) is 15.9 Å². The molecule has 0 amide bonds. The summed E-state index contributed by atoms with van der Waals surface area (Å²) in [4.78, 5) is 21.5. The summed E-state index contributed by atoms with van der Waals surface area (Å²) in [6.45, 7) is 0. The van der Waals surface area contributed by atoms with Gasteiger partial charge in [0.1, 0.15) is 9.64 Å². The molecule has 0 aliphatic heterocycles. The maximum atomic E-state index is 11.4.